The van der Waals surface area contributed by atoms with Crippen molar-refractivity contribution in [2.24, 2.45) is 5.41 Å². The van der Waals surface area contributed by atoms with E-state index >= 15 is 0 Å². The molecule has 0 atom stereocenters. The standard InChI is InChI=1S/C16H20N2OS/c1-3-16(6-7-16)9-18-15(19)14-13(17)11-5-4-10(2)8-12(11)20-14/h4-5,8H,3,6-7,9,17H2,1-2H3,(H,18,19). The fourth-order valence-electron chi connectivity index (χ4n) is 2.57. The zero-order valence-corrected chi connectivity index (χ0v) is 12.8. The topological polar surface area (TPSA) is 55.1 Å². The summed E-state index contributed by atoms with van der Waals surface area (Å²) in [6.45, 7) is 5.01. The number of thiophene rings is 1. The largest absolute Gasteiger partial charge is 0.397 e. The molecule has 4 heteroatoms. The third-order valence-electron chi connectivity index (χ3n) is 4.42. The Morgan fingerprint density at radius 3 is 2.85 bits per heavy atom. The third kappa shape index (κ3) is 2.29. The second-order valence-electron chi connectivity index (χ2n) is 5.88. The van der Waals surface area contributed by atoms with Gasteiger partial charge >= 0.3 is 0 Å². The molecule has 0 radical (unpaired) electrons. The summed E-state index contributed by atoms with van der Waals surface area (Å²) >= 11 is 1.49. The molecule has 0 unspecified atom stereocenters. The molecule has 1 aromatic heterocycles. The third-order valence-corrected chi connectivity index (χ3v) is 5.59. The molecule has 1 fully saturated rings. The number of carbonyl (C=O) groups excluding carboxylic acids is 1. The molecule has 0 aliphatic heterocycles. The van der Waals surface area contributed by atoms with Gasteiger partial charge in [-0.25, -0.2) is 0 Å². The average molecular weight is 288 g/mol. The number of nitrogen functional groups attached to an aromatic ring is 1. The summed E-state index contributed by atoms with van der Waals surface area (Å²) in [7, 11) is 0. The number of benzene rings is 1. The SMILES string of the molecule is CCC1(CNC(=O)c2sc3cc(C)ccc3c2N)CC1. The van der Waals surface area contributed by atoms with Crippen molar-refractivity contribution in [2.45, 2.75) is 33.1 Å². The second kappa shape index (κ2) is 4.77. The van der Waals surface area contributed by atoms with E-state index in [1.165, 1.54) is 29.7 Å². The lowest BCUT2D eigenvalue weighted by molar-refractivity contribution is 0.0949. The number of nitrogens with one attached hydrogen (secondary N) is 1. The predicted molar refractivity (Wildman–Crippen MR) is 85.3 cm³/mol. The van der Waals surface area contributed by atoms with E-state index in [-0.39, 0.29) is 5.91 Å². The highest BCUT2D eigenvalue weighted by atomic mass is 32.1. The van der Waals surface area contributed by atoms with Crippen LogP contribution in [0.4, 0.5) is 5.69 Å². The van der Waals surface area contributed by atoms with Crippen LogP contribution < -0.4 is 11.1 Å². The molecule has 3 N–H and O–H groups in total. The summed E-state index contributed by atoms with van der Waals surface area (Å²) in [5.74, 6) is -0.0268. The van der Waals surface area contributed by atoms with E-state index in [2.05, 4.69) is 18.3 Å². The van der Waals surface area contributed by atoms with E-state index in [0.717, 1.165) is 23.1 Å². The average Bonchev–Trinajstić information content (AvgIpc) is 3.15. The van der Waals surface area contributed by atoms with Gasteiger partial charge in [0.15, 0.2) is 0 Å². The maximum absolute atomic E-state index is 12.3. The van der Waals surface area contributed by atoms with Crippen molar-refractivity contribution in [1.29, 1.82) is 0 Å². The number of nitrogens with two attached hydrogens (primary N) is 1. The molecule has 3 nitrogen and oxygen atoms in total. The first-order valence-electron chi connectivity index (χ1n) is 7.11. The number of aryl methyl sites for hydroxylation is 1. The Hall–Kier alpha value is -1.55. The molecule has 1 heterocycles. The molecule has 20 heavy (non-hydrogen) atoms. The van der Waals surface area contributed by atoms with Crippen LogP contribution >= 0.6 is 11.3 Å². The van der Waals surface area contributed by atoms with Crippen molar-refractivity contribution in [3.8, 4) is 0 Å². The summed E-state index contributed by atoms with van der Waals surface area (Å²) < 4.78 is 1.09. The first kappa shape index (κ1) is 13.4. The number of fused-ring (bicyclic) bond motifs is 1. The van der Waals surface area contributed by atoms with Crippen LogP contribution in [0, 0.1) is 12.3 Å². The number of rotatable bonds is 4. The fraction of sp³-hybridized carbons (Fsp3) is 0.438. The Morgan fingerprint density at radius 2 is 2.20 bits per heavy atom. The minimum absolute atomic E-state index is 0.0268. The zero-order valence-electron chi connectivity index (χ0n) is 12.0. The van der Waals surface area contributed by atoms with Crippen molar-refractivity contribution in [3.63, 3.8) is 0 Å². The number of amides is 1. The lowest BCUT2D eigenvalue weighted by atomic mass is 10.0. The highest BCUT2D eigenvalue weighted by Crippen LogP contribution is 2.48. The maximum atomic E-state index is 12.3. The Labute approximate surface area is 123 Å². The van der Waals surface area contributed by atoms with Gasteiger partial charge in [0.1, 0.15) is 4.88 Å². The van der Waals surface area contributed by atoms with Crippen LogP contribution in [0.1, 0.15) is 41.4 Å². The quantitative estimate of drug-likeness (QED) is 0.901. The predicted octanol–water partition coefficient (Wildman–Crippen LogP) is 3.71. The van der Waals surface area contributed by atoms with Crippen LogP contribution in [0.15, 0.2) is 18.2 Å². The molecule has 1 aliphatic rings. The minimum atomic E-state index is -0.0268. The monoisotopic (exact) mass is 288 g/mol. The van der Waals surface area contributed by atoms with Crippen molar-refractivity contribution < 1.29 is 4.79 Å². The molecule has 106 valence electrons. The van der Waals surface area contributed by atoms with E-state index in [1.54, 1.807) is 0 Å². The van der Waals surface area contributed by atoms with Crippen molar-refractivity contribution in [1.82, 2.24) is 5.32 Å². The first-order valence-corrected chi connectivity index (χ1v) is 7.93. The molecule has 3 rings (SSSR count). The highest BCUT2D eigenvalue weighted by molar-refractivity contribution is 7.21. The first-order chi connectivity index (χ1) is 9.54. The van der Waals surface area contributed by atoms with Gasteiger partial charge in [0, 0.05) is 16.6 Å². The summed E-state index contributed by atoms with van der Waals surface area (Å²) in [6.07, 6.45) is 3.59. The van der Waals surface area contributed by atoms with Gasteiger partial charge < -0.3 is 11.1 Å². The van der Waals surface area contributed by atoms with E-state index in [9.17, 15) is 4.79 Å². The molecule has 2 aromatic rings. The minimum Gasteiger partial charge on any atom is -0.397 e. The Morgan fingerprint density at radius 1 is 1.45 bits per heavy atom. The molecule has 1 aromatic carbocycles. The van der Waals surface area contributed by atoms with Crippen LogP contribution in [-0.4, -0.2) is 12.5 Å². The van der Waals surface area contributed by atoms with Crippen LogP contribution in [0.5, 0.6) is 0 Å². The van der Waals surface area contributed by atoms with Gasteiger partial charge in [0.05, 0.1) is 5.69 Å². The number of carbonyl (C=O) groups is 1. The number of hydrogen-bond donors (Lipinski definition) is 2. The molecular weight excluding hydrogens is 268 g/mol. The van der Waals surface area contributed by atoms with Gasteiger partial charge in [0.25, 0.3) is 5.91 Å². The Balaban J connectivity index is 1.82. The van der Waals surface area contributed by atoms with E-state index in [4.69, 9.17) is 5.73 Å². The highest BCUT2D eigenvalue weighted by Gasteiger charge is 2.40. The van der Waals surface area contributed by atoms with Crippen molar-refractivity contribution in [3.05, 3.63) is 28.6 Å². The van der Waals surface area contributed by atoms with Crippen LogP contribution in [0.2, 0.25) is 0 Å². The maximum Gasteiger partial charge on any atom is 0.263 e. The molecular formula is C16H20N2OS. The molecule has 1 saturated carbocycles. The van der Waals surface area contributed by atoms with Gasteiger partial charge in [-0.05, 0) is 43.2 Å². The smallest absolute Gasteiger partial charge is 0.263 e. The van der Waals surface area contributed by atoms with Crippen LogP contribution in [0.25, 0.3) is 10.1 Å². The summed E-state index contributed by atoms with van der Waals surface area (Å²) in [5, 5.41) is 4.05. The zero-order chi connectivity index (χ0) is 14.3. The molecule has 1 amide bonds. The lowest BCUT2D eigenvalue weighted by Gasteiger charge is -2.12. The van der Waals surface area contributed by atoms with Gasteiger partial charge in [-0.15, -0.1) is 11.3 Å². The molecule has 0 spiro atoms. The normalized spacial score (nSPS) is 16.3. The summed E-state index contributed by atoms with van der Waals surface area (Å²) in [6, 6.07) is 6.12. The van der Waals surface area contributed by atoms with E-state index in [1.807, 2.05) is 19.1 Å². The van der Waals surface area contributed by atoms with Crippen molar-refractivity contribution in [2.75, 3.05) is 12.3 Å². The van der Waals surface area contributed by atoms with Crippen molar-refractivity contribution >= 4 is 33.0 Å². The van der Waals surface area contributed by atoms with E-state index in [0.29, 0.717) is 16.0 Å². The van der Waals surface area contributed by atoms with E-state index < -0.39 is 0 Å². The Bertz CT molecular complexity index is 670. The molecule has 0 bridgehead atoms. The van der Waals surface area contributed by atoms with Gasteiger partial charge in [-0.1, -0.05) is 19.1 Å². The van der Waals surface area contributed by atoms with Crippen LogP contribution in [-0.2, 0) is 0 Å². The van der Waals surface area contributed by atoms with Gasteiger partial charge in [-0.3, -0.25) is 4.79 Å². The van der Waals surface area contributed by atoms with Crippen LogP contribution in [0.3, 0.4) is 0 Å². The summed E-state index contributed by atoms with van der Waals surface area (Å²) in [5.41, 5.74) is 8.29. The fourth-order valence-corrected chi connectivity index (χ4v) is 3.71. The second-order valence-corrected chi connectivity index (χ2v) is 6.93. The van der Waals surface area contributed by atoms with Gasteiger partial charge in [-0.2, -0.15) is 0 Å². The number of anilines is 1. The lowest BCUT2D eigenvalue weighted by Crippen LogP contribution is -2.29. The molecule has 1 aliphatic carbocycles. The molecule has 0 saturated heterocycles. The number of hydrogen-bond acceptors (Lipinski definition) is 3. The van der Waals surface area contributed by atoms with Gasteiger partial charge in [0.2, 0.25) is 0 Å². The Kier molecular flexibility index (Phi) is 3.21. The summed E-state index contributed by atoms with van der Waals surface area (Å²) in [4.78, 5) is 13.0.